The fourth-order valence-electron chi connectivity index (χ4n) is 2.45. The zero-order chi connectivity index (χ0) is 18.6. The van der Waals surface area contributed by atoms with E-state index in [1.165, 1.54) is 4.90 Å². The van der Waals surface area contributed by atoms with Crippen LogP contribution in [-0.2, 0) is 5.41 Å². The molecular formula is C20H18N4O2. The summed E-state index contributed by atoms with van der Waals surface area (Å²) < 4.78 is 5.48. The van der Waals surface area contributed by atoms with E-state index in [4.69, 9.17) is 4.74 Å². The van der Waals surface area contributed by atoms with E-state index in [9.17, 15) is 10.1 Å². The number of benzene rings is 2. The van der Waals surface area contributed by atoms with Crippen molar-refractivity contribution < 1.29 is 9.53 Å². The van der Waals surface area contributed by atoms with Crippen LogP contribution in [0.4, 0.5) is 16.3 Å². The van der Waals surface area contributed by atoms with Gasteiger partial charge in [-0.05, 0) is 43.7 Å². The first-order chi connectivity index (χ1) is 12.5. The van der Waals surface area contributed by atoms with Gasteiger partial charge in [0, 0.05) is 6.07 Å². The maximum Gasteiger partial charge on any atom is 0.425 e. The number of hydrogen-bond acceptors (Lipinski definition) is 4. The van der Waals surface area contributed by atoms with Crippen molar-refractivity contribution in [1.82, 2.24) is 10.2 Å². The van der Waals surface area contributed by atoms with Gasteiger partial charge in [-0.2, -0.15) is 10.4 Å². The van der Waals surface area contributed by atoms with Gasteiger partial charge in [0.05, 0.1) is 23.4 Å². The van der Waals surface area contributed by atoms with Crippen molar-refractivity contribution in [2.24, 2.45) is 0 Å². The Balaban J connectivity index is 1.99. The average Bonchev–Trinajstić information content (AvgIpc) is 3.17. The molecule has 6 heteroatoms. The summed E-state index contributed by atoms with van der Waals surface area (Å²) in [6, 6.07) is 20.0. The second-order valence-corrected chi connectivity index (χ2v) is 6.25. The van der Waals surface area contributed by atoms with Gasteiger partial charge in [-0.25, -0.2) is 9.69 Å². The van der Waals surface area contributed by atoms with Crippen molar-refractivity contribution in [3.63, 3.8) is 0 Å². The van der Waals surface area contributed by atoms with Gasteiger partial charge in [0.1, 0.15) is 11.6 Å². The molecule has 1 aromatic heterocycles. The third-order valence-electron chi connectivity index (χ3n) is 3.96. The molecule has 1 amide bonds. The molecule has 2 aromatic carbocycles. The van der Waals surface area contributed by atoms with Gasteiger partial charge in [-0.1, -0.05) is 30.3 Å². The van der Waals surface area contributed by atoms with E-state index < -0.39 is 11.5 Å². The lowest BCUT2D eigenvalue weighted by atomic mass is 9.86. The van der Waals surface area contributed by atoms with Crippen LogP contribution in [0.5, 0.6) is 5.75 Å². The predicted octanol–water partition coefficient (Wildman–Crippen LogP) is 4.55. The molecule has 0 fully saturated rings. The van der Waals surface area contributed by atoms with Gasteiger partial charge in [-0.3, -0.25) is 5.10 Å². The number of H-pyrrole nitrogens is 1. The lowest BCUT2D eigenvalue weighted by Gasteiger charge is -2.23. The molecule has 0 aliphatic carbocycles. The molecule has 3 rings (SSSR count). The number of nitrogens with one attached hydrogen (secondary N) is 1. The Hall–Kier alpha value is -3.59. The first-order valence-electron chi connectivity index (χ1n) is 8.09. The Morgan fingerprint density at radius 3 is 2.58 bits per heavy atom. The smallest absolute Gasteiger partial charge is 0.410 e. The normalized spacial score (nSPS) is 10.8. The van der Waals surface area contributed by atoms with Gasteiger partial charge in [-0.15, -0.1) is 0 Å². The van der Waals surface area contributed by atoms with Crippen molar-refractivity contribution in [2.45, 2.75) is 19.3 Å². The summed E-state index contributed by atoms with van der Waals surface area (Å²) in [7, 11) is 0. The first-order valence-corrected chi connectivity index (χ1v) is 8.09. The predicted molar refractivity (Wildman–Crippen MR) is 98.3 cm³/mol. The van der Waals surface area contributed by atoms with Crippen LogP contribution in [0.25, 0.3) is 0 Å². The molecule has 0 spiro atoms. The number of nitrogens with zero attached hydrogens (tertiary/aromatic N) is 3. The highest BCUT2D eigenvalue weighted by Crippen LogP contribution is 2.30. The summed E-state index contributed by atoms with van der Waals surface area (Å²) in [5.41, 5.74) is 0.699. The molecule has 6 nitrogen and oxygen atoms in total. The van der Waals surface area contributed by atoms with Gasteiger partial charge in [0.2, 0.25) is 0 Å². The molecule has 0 saturated heterocycles. The topological polar surface area (TPSA) is 82.0 Å². The third-order valence-corrected chi connectivity index (χ3v) is 3.96. The highest BCUT2D eigenvalue weighted by Gasteiger charge is 2.25. The summed E-state index contributed by atoms with van der Waals surface area (Å²) in [5.74, 6) is 0.911. The zero-order valence-electron chi connectivity index (χ0n) is 14.5. The van der Waals surface area contributed by atoms with Crippen LogP contribution in [0.15, 0.2) is 66.9 Å². The van der Waals surface area contributed by atoms with Crippen LogP contribution >= 0.6 is 0 Å². The summed E-state index contributed by atoms with van der Waals surface area (Å²) in [6.07, 6.45) is 0.980. The lowest BCUT2D eigenvalue weighted by molar-refractivity contribution is 0.210. The molecule has 1 heterocycles. The van der Waals surface area contributed by atoms with Gasteiger partial charge in [0.15, 0.2) is 0 Å². The molecule has 130 valence electrons. The lowest BCUT2D eigenvalue weighted by Crippen LogP contribution is -2.30. The molecule has 1 N–H and O–H groups in total. The SMILES string of the molecule is CC(C)(C#N)c1cccc(N(C(=O)Oc2ccccc2)c2ccn[nH]2)c1. The van der Waals surface area contributed by atoms with E-state index in [2.05, 4.69) is 16.3 Å². The van der Waals surface area contributed by atoms with Crippen LogP contribution in [0, 0.1) is 11.3 Å². The maximum atomic E-state index is 12.8. The summed E-state index contributed by atoms with van der Waals surface area (Å²) >= 11 is 0. The largest absolute Gasteiger partial charge is 0.425 e. The van der Waals surface area contributed by atoms with Gasteiger partial charge >= 0.3 is 6.09 Å². The zero-order valence-corrected chi connectivity index (χ0v) is 14.5. The molecule has 0 unspecified atom stereocenters. The molecule has 0 bridgehead atoms. The van der Waals surface area contributed by atoms with Crippen molar-refractivity contribution in [1.29, 1.82) is 5.26 Å². The van der Waals surface area contributed by atoms with Crippen molar-refractivity contribution in [2.75, 3.05) is 4.90 Å². The number of nitriles is 1. The second kappa shape index (κ2) is 7.11. The number of carbonyl (C=O) groups is 1. The van der Waals surface area contributed by atoms with Crippen LogP contribution in [0.2, 0.25) is 0 Å². The molecule has 3 aromatic rings. The van der Waals surface area contributed by atoms with Gasteiger partial charge < -0.3 is 4.74 Å². The molecule has 0 atom stereocenters. The van der Waals surface area contributed by atoms with E-state index in [0.29, 0.717) is 17.3 Å². The first kappa shape index (κ1) is 17.2. The van der Waals surface area contributed by atoms with E-state index in [1.54, 1.807) is 48.7 Å². The Kier molecular flexibility index (Phi) is 4.72. The van der Waals surface area contributed by atoms with Crippen molar-refractivity contribution in [3.8, 4) is 11.8 Å². The molecule has 0 saturated carbocycles. The minimum Gasteiger partial charge on any atom is -0.410 e. The van der Waals surface area contributed by atoms with E-state index in [1.807, 2.05) is 32.0 Å². The van der Waals surface area contributed by atoms with E-state index >= 15 is 0 Å². The monoisotopic (exact) mass is 346 g/mol. The number of aromatic nitrogens is 2. The summed E-state index contributed by atoms with van der Waals surface area (Å²) in [5, 5.41) is 16.1. The van der Waals surface area contributed by atoms with Gasteiger partial charge in [0.25, 0.3) is 0 Å². The Morgan fingerprint density at radius 2 is 1.92 bits per heavy atom. The number of anilines is 2. The van der Waals surface area contributed by atoms with E-state index in [0.717, 1.165) is 5.56 Å². The Labute approximate surface area is 151 Å². The quantitative estimate of drug-likeness (QED) is 0.751. The molecule has 0 aliphatic heterocycles. The Morgan fingerprint density at radius 1 is 1.15 bits per heavy atom. The minimum absolute atomic E-state index is 0.440. The minimum atomic E-state index is -0.682. The Bertz CT molecular complexity index is 928. The number of amides is 1. The van der Waals surface area contributed by atoms with Crippen molar-refractivity contribution >= 4 is 17.6 Å². The standard InChI is InChI=1S/C20H18N4O2/c1-20(2,14-21)15-7-6-8-16(13-15)24(18-11-12-22-23-18)19(25)26-17-9-4-3-5-10-17/h3-13H,1-2H3,(H,22,23). The molecule has 26 heavy (non-hydrogen) atoms. The van der Waals surface area contributed by atoms with Crippen LogP contribution < -0.4 is 9.64 Å². The molecule has 0 radical (unpaired) electrons. The van der Waals surface area contributed by atoms with E-state index in [-0.39, 0.29) is 0 Å². The summed E-state index contributed by atoms with van der Waals surface area (Å²) in [4.78, 5) is 14.2. The van der Waals surface area contributed by atoms with Crippen LogP contribution in [0.3, 0.4) is 0 Å². The highest BCUT2D eigenvalue weighted by molar-refractivity contribution is 5.96. The molecular weight excluding hydrogens is 328 g/mol. The number of para-hydroxylation sites is 1. The van der Waals surface area contributed by atoms with Crippen molar-refractivity contribution in [3.05, 3.63) is 72.4 Å². The fraction of sp³-hybridized carbons (Fsp3) is 0.150. The average molecular weight is 346 g/mol. The number of aromatic amines is 1. The number of rotatable bonds is 4. The highest BCUT2D eigenvalue weighted by atomic mass is 16.6. The second-order valence-electron chi connectivity index (χ2n) is 6.25. The third kappa shape index (κ3) is 3.57. The number of hydrogen-bond donors (Lipinski definition) is 1. The number of carbonyl (C=O) groups excluding carboxylic acids is 1. The van der Waals surface area contributed by atoms with Crippen LogP contribution in [0.1, 0.15) is 19.4 Å². The summed E-state index contributed by atoms with van der Waals surface area (Å²) in [6.45, 7) is 3.66. The van der Waals surface area contributed by atoms with Crippen LogP contribution in [-0.4, -0.2) is 16.3 Å². The molecule has 0 aliphatic rings. The maximum absolute atomic E-state index is 12.8. The number of ether oxygens (including phenoxy) is 1. The fourth-order valence-corrected chi connectivity index (χ4v) is 2.45.